The third-order valence-electron chi connectivity index (χ3n) is 5.73. The van der Waals surface area contributed by atoms with Gasteiger partial charge in [-0.05, 0) is 62.1 Å². The van der Waals surface area contributed by atoms with Crippen LogP contribution >= 0.6 is 0 Å². The molecule has 6 heteroatoms. The summed E-state index contributed by atoms with van der Waals surface area (Å²) in [4.78, 5) is 14.4. The zero-order valence-corrected chi connectivity index (χ0v) is 17.3. The summed E-state index contributed by atoms with van der Waals surface area (Å²) in [5.74, 6) is -0.0717. The van der Waals surface area contributed by atoms with Gasteiger partial charge >= 0.3 is 0 Å². The number of allylic oxidation sites excluding steroid dienone is 3. The highest BCUT2D eigenvalue weighted by atomic mass is 19.1. The molecule has 1 aromatic rings. The fraction of sp³-hybridized carbons (Fsp3) is 0.522. The molecule has 4 nitrogen and oxygen atoms in total. The summed E-state index contributed by atoms with van der Waals surface area (Å²) in [5.41, 5.74) is 1.55. The first kappa shape index (κ1) is 21.5. The molecule has 1 aromatic carbocycles. The van der Waals surface area contributed by atoms with E-state index in [2.05, 4.69) is 5.32 Å². The lowest BCUT2D eigenvalue weighted by molar-refractivity contribution is 0.0430. The van der Waals surface area contributed by atoms with Crippen molar-refractivity contribution in [2.75, 3.05) is 32.8 Å². The van der Waals surface area contributed by atoms with Gasteiger partial charge in [0.25, 0.3) is 5.91 Å². The van der Waals surface area contributed by atoms with Crippen LogP contribution in [0.4, 0.5) is 8.78 Å². The number of nitrogens with zero attached hydrogens (tertiary/aromatic N) is 1. The lowest BCUT2D eigenvalue weighted by Gasteiger charge is -2.36. The Morgan fingerprint density at radius 1 is 1.17 bits per heavy atom. The molecule has 0 atom stereocenters. The molecule has 1 amide bonds. The highest BCUT2D eigenvalue weighted by Crippen LogP contribution is 2.27. The average molecular weight is 405 g/mol. The molecule has 0 aromatic heterocycles. The molecule has 1 fully saturated rings. The molecular formula is C23H30F2N2O2. The van der Waals surface area contributed by atoms with Crippen molar-refractivity contribution < 1.29 is 18.3 Å². The Labute approximate surface area is 171 Å². The molecule has 1 saturated heterocycles. The van der Waals surface area contributed by atoms with Crippen LogP contribution < -0.4 is 5.32 Å². The number of amides is 1. The maximum absolute atomic E-state index is 15.1. The monoisotopic (exact) mass is 404 g/mol. The molecule has 3 rings (SSSR count). The third-order valence-corrected chi connectivity index (χ3v) is 5.73. The second kappa shape index (κ2) is 9.53. The number of carbonyl (C=O) groups is 1. The van der Waals surface area contributed by atoms with Crippen LogP contribution in [-0.2, 0) is 4.74 Å². The average Bonchev–Trinajstić information content (AvgIpc) is 2.71. The molecule has 0 radical (unpaired) electrons. The normalized spacial score (nSPS) is 18.8. The van der Waals surface area contributed by atoms with Gasteiger partial charge in [0, 0.05) is 44.6 Å². The van der Waals surface area contributed by atoms with Gasteiger partial charge in [0.15, 0.2) is 11.6 Å². The van der Waals surface area contributed by atoms with Crippen LogP contribution in [0, 0.1) is 13.8 Å². The molecule has 1 aliphatic heterocycles. The number of hydrogen-bond acceptors (Lipinski definition) is 3. The van der Waals surface area contributed by atoms with Crippen LogP contribution in [0.3, 0.4) is 0 Å². The maximum atomic E-state index is 15.1. The van der Waals surface area contributed by atoms with Crippen LogP contribution in [0.5, 0.6) is 0 Å². The zero-order chi connectivity index (χ0) is 20.9. The van der Waals surface area contributed by atoms with Crippen molar-refractivity contribution in [3.8, 4) is 0 Å². The second-order valence-corrected chi connectivity index (χ2v) is 7.97. The van der Waals surface area contributed by atoms with Crippen molar-refractivity contribution in [2.24, 2.45) is 0 Å². The van der Waals surface area contributed by atoms with Gasteiger partial charge in [-0.2, -0.15) is 0 Å². The summed E-state index contributed by atoms with van der Waals surface area (Å²) in [6.45, 7) is 5.76. The predicted octanol–water partition coefficient (Wildman–Crippen LogP) is 4.39. The van der Waals surface area contributed by atoms with E-state index in [-0.39, 0.29) is 24.0 Å². The molecule has 0 spiro atoms. The molecular weight excluding hydrogens is 374 g/mol. The Morgan fingerprint density at radius 2 is 1.90 bits per heavy atom. The largest absolute Gasteiger partial charge is 0.490 e. The van der Waals surface area contributed by atoms with Crippen molar-refractivity contribution in [1.29, 1.82) is 0 Å². The number of aryl methyl sites for hydroxylation is 2. The second-order valence-electron chi connectivity index (χ2n) is 7.97. The molecule has 1 N–H and O–H groups in total. The molecule has 0 bridgehead atoms. The summed E-state index contributed by atoms with van der Waals surface area (Å²) in [6.07, 6.45) is 5.35. The Morgan fingerprint density at radius 3 is 2.59 bits per heavy atom. The minimum absolute atomic E-state index is 0.0349. The minimum Gasteiger partial charge on any atom is -0.490 e. The van der Waals surface area contributed by atoms with Crippen LogP contribution in [0.15, 0.2) is 41.9 Å². The Balaban J connectivity index is 1.39. The lowest BCUT2D eigenvalue weighted by atomic mass is 9.92. The van der Waals surface area contributed by atoms with E-state index in [1.54, 1.807) is 11.0 Å². The molecule has 1 aliphatic carbocycles. The van der Waals surface area contributed by atoms with Crippen molar-refractivity contribution in [3.63, 3.8) is 0 Å². The van der Waals surface area contributed by atoms with Gasteiger partial charge in [-0.1, -0.05) is 6.07 Å². The van der Waals surface area contributed by atoms with Crippen LogP contribution in [-0.4, -0.2) is 49.3 Å². The number of carbonyl (C=O) groups excluding carboxylic acids is 1. The fourth-order valence-corrected chi connectivity index (χ4v) is 3.64. The van der Waals surface area contributed by atoms with Gasteiger partial charge in [-0.25, -0.2) is 8.78 Å². The maximum Gasteiger partial charge on any atom is 0.253 e. The Hall–Kier alpha value is -2.21. The van der Waals surface area contributed by atoms with Crippen LogP contribution in [0.1, 0.15) is 47.2 Å². The molecule has 29 heavy (non-hydrogen) atoms. The molecule has 0 unspecified atom stereocenters. The van der Waals surface area contributed by atoms with E-state index < -0.39 is 5.67 Å². The van der Waals surface area contributed by atoms with E-state index in [0.29, 0.717) is 51.1 Å². The van der Waals surface area contributed by atoms with E-state index in [1.165, 1.54) is 6.08 Å². The first-order valence-electron chi connectivity index (χ1n) is 10.3. The minimum atomic E-state index is -1.34. The summed E-state index contributed by atoms with van der Waals surface area (Å²) < 4.78 is 34.0. The first-order chi connectivity index (χ1) is 13.9. The van der Waals surface area contributed by atoms with Gasteiger partial charge in [0.1, 0.15) is 12.3 Å². The predicted molar refractivity (Wildman–Crippen MR) is 110 cm³/mol. The molecule has 0 saturated carbocycles. The first-order valence-corrected chi connectivity index (χ1v) is 10.3. The number of nitrogens with one attached hydrogen (secondary N) is 1. The molecule has 2 aliphatic rings. The van der Waals surface area contributed by atoms with Crippen LogP contribution in [0.25, 0.3) is 0 Å². The summed E-state index contributed by atoms with van der Waals surface area (Å²) in [7, 11) is 0. The van der Waals surface area contributed by atoms with Gasteiger partial charge in [-0.15, -0.1) is 0 Å². The highest BCUT2D eigenvalue weighted by molar-refractivity contribution is 5.94. The number of halogens is 2. The van der Waals surface area contributed by atoms with Crippen molar-refractivity contribution in [3.05, 3.63) is 58.6 Å². The standard InChI is InChI=1S/C23H30F2N2O2/c1-17-7-8-19(15-18(17)2)22(28)27-12-9-23(25,10-13-27)16-26-11-14-29-21-6-4-3-5-20(21)24/h5-8,15,26H,3-4,9-14,16H2,1-2H3. The fourth-order valence-electron chi connectivity index (χ4n) is 3.64. The number of hydrogen-bond donors (Lipinski definition) is 1. The molecule has 158 valence electrons. The number of rotatable bonds is 7. The van der Waals surface area contributed by atoms with Gasteiger partial charge in [0.05, 0.1) is 0 Å². The van der Waals surface area contributed by atoms with Crippen molar-refractivity contribution >= 4 is 5.91 Å². The van der Waals surface area contributed by atoms with Crippen molar-refractivity contribution in [1.82, 2.24) is 10.2 Å². The number of piperidine rings is 1. The Kier molecular flexibility index (Phi) is 7.06. The summed E-state index contributed by atoms with van der Waals surface area (Å²) in [6, 6.07) is 5.68. The topological polar surface area (TPSA) is 41.6 Å². The van der Waals surface area contributed by atoms with Gasteiger partial charge < -0.3 is 15.0 Å². The van der Waals surface area contributed by atoms with Gasteiger partial charge in [-0.3, -0.25) is 4.79 Å². The smallest absolute Gasteiger partial charge is 0.253 e. The summed E-state index contributed by atoms with van der Waals surface area (Å²) in [5, 5.41) is 3.07. The Bertz CT molecular complexity index is 796. The van der Waals surface area contributed by atoms with E-state index >= 15 is 4.39 Å². The highest BCUT2D eigenvalue weighted by Gasteiger charge is 2.35. The summed E-state index contributed by atoms with van der Waals surface area (Å²) >= 11 is 0. The third kappa shape index (κ3) is 5.66. The van der Waals surface area contributed by atoms with Crippen molar-refractivity contribution in [2.45, 2.75) is 45.2 Å². The molecule has 1 heterocycles. The van der Waals surface area contributed by atoms with Crippen LogP contribution in [0.2, 0.25) is 0 Å². The number of ether oxygens (including phenoxy) is 1. The number of likely N-dealkylation sites (tertiary alicyclic amines) is 1. The number of alkyl halides is 1. The van der Waals surface area contributed by atoms with E-state index in [9.17, 15) is 9.18 Å². The van der Waals surface area contributed by atoms with E-state index in [1.807, 2.05) is 32.0 Å². The van der Waals surface area contributed by atoms with Gasteiger partial charge in [0.2, 0.25) is 0 Å². The zero-order valence-electron chi connectivity index (χ0n) is 17.3. The van der Waals surface area contributed by atoms with E-state index in [0.717, 1.165) is 17.5 Å². The van der Waals surface area contributed by atoms with E-state index in [4.69, 9.17) is 4.74 Å². The SMILES string of the molecule is Cc1ccc(C(=O)N2CCC(F)(CNCCOC3=CCCC=C3F)CC2)cc1C. The lowest BCUT2D eigenvalue weighted by Crippen LogP contribution is -2.49. The quantitative estimate of drug-likeness (QED) is 0.686. The number of benzene rings is 1.